The Labute approximate surface area is 92.6 Å². The summed E-state index contributed by atoms with van der Waals surface area (Å²) in [6.45, 7) is 5.08. The molecule has 0 aliphatic heterocycles. The van der Waals surface area contributed by atoms with Crippen LogP contribution in [0.2, 0.25) is 0 Å². The van der Waals surface area contributed by atoms with Crippen molar-refractivity contribution in [3.8, 4) is 0 Å². The lowest BCUT2D eigenvalue weighted by atomic mass is 10.2. The molecular weight excluding hydrogens is 192 g/mol. The van der Waals surface area contributed by atoms with Crippen LogP contribution in [0.3, 0.4) is 0 Å². The number of ether oxygens (including phenoxy) is 1. The van der Waals surface area contributed by atoms with Gasteiger partial charge in [0.05, 0.1) is 6.61 Å². The number of esters is 1. The molecule has 0 radical (unpaired) electrons. The highest BCUT2D eigenvalue weighted by molar-refractivity contribution is 5.69. The second kappa shape index (κ2) is 11.5. The van der Waals surface area contributed by atoms with Gasteiger partial charge in [0, 0.05) is 6.42 Å². The van der Waals surface area contributed by atoms with E-state index in [1.165, 1.54) is 0 Å². The summed E-state index contributed by atoms with van der Waals surface area (Å²) < 4.78 is 4.83. The van der Waals surface area contributed by atoms with Crippen LogP contribution in [-0.2, 0) is 9.53 Å². The fourth-order valence-corrected chi connectivity index (χ4v) is 1.28. The van der Waals surface area contributed by atoms with Crippen LogP contribution >= 0.6 is 0 Å². The molecule has 0 atom stereocenters. The minimum Gasteiger partial charge on any atom is -0.466 e. The third-order valence-corrected chi connectivity index (χ3v) is 2.10. The number of unbranched alkanes of at least 4 members (excludes halogenated alkanes) is 2. The van der Waals surface area contributed by atoms with Crippen molar-refractivity contribution in [2.75, 3.05) is 26.2 Å². The molecule has 4 heteroatoms. The van der Waals surface area contributed by atoms with Crippen molar-refractivity contribution in [2.45, 2.75) is 39.0 Å². The summed E-state index contributed by atoms with van der Waals surface area (Å²) in [6, 6.07) is 0. The van der Waals surface area contributed by atoms with Gasteiger partial charge in [-0.25, -0.2) is 0 Å². The zero-order valence-corrected chi connectivity index (χ0v) is 9.76. The second-order valence-corrected chi connectivity index (χ2v) is 3.51. The van der Waals surface area contributed by atoms with Crippen LogP contribution in [0.25, 0.3) is 0 Å². The van der Waals surface area contributed by atoms with Gasteiger partial charge < -0.3 is 15.8 Å². The average Bonchev–Trinajstić information content (AvgIpc) is 2.22. The smallest absolute Gasteiger partial charge is 0.305 e. The largest absolute Gasteiger partial charge is 0.466 e. The molecule has 90 valence electrons. The lowest BCUT2D eigenvalue weighted by Gasteiger charge is -2.03. The van der Waals surface area contributed by atoms with Gasteiger partial charge in [-0.2, -0.15) is 0 Å². The van der Waals surface area contributed by atoms with E-state index in [2.05, 4.69) is 5.32 Å². The van der Waals surface area contributed by atoms with Gasteiger partial charge in [-0.1, -0.05) is 6.42 Å². The summed E-state index contributed by atoms with van der Waals surface area (Å²) in [6.07, 6.45) is 4.70. The monoisotopic (exact) mass is 216 g/mol. The van der Waals surface area contributed by atoms with Crippen LogP contribution in [0.1, 0.15) is 39.0 Å². The van der Waals surface area contributed by atoms with Crippen LogP contribution < -0.4 is 11.1 Å². The zero-order valence-electron chi connectivity index (χ0n) is 9.76. The number of nitrogens with two attached hydrogens (primary N) is 1. The molecule has 4 nitrogen and oxygen atoms in total. The highest BCUT2D eigenvalue weighted by Gasteiger charge is 1.99. The molecule has 3 N–H and O–H groups in total. The molecule has 0 bridgehead atoms. The van der Waals surface area contributed by atoms with Crippen molar-refractivity contribution in [1.29, 1.82) is 0 Å². The van der Waals surface area contributed by atoms with Crippen molar-refractivity contribution in [3.63, 3.8) is 0 Å². The van der Waals surface area contributed by atoms with Crippen molar-refractivity contribution in [3.05, 3.63) is 0 Å². The Morgan fingerprint density at radius 3 is 2.60 bits per heavy atom. The summed E-state index contributed by atoms with van der Waals surface area (Å²) in [5.74, 6) is -0.0754. The van der Waals surface area contributed by atoms with Crippen molar-refractivity contribution in [1.82, 2.24) is 5.32 Å². The number of hydrogen-bond acceptors (Lipinski definition) is 4. The van der Waals surface area contributed by atoms with Gasteiger partial charge in [0.25, 0.3) is 0 Å². The molecule has 0 heterocycles. The molecule has 0 aromatic heterocycles. The van der Waals surface area contributed by atoms with Crippen LogP contribution in [0.5, 0.6) is 0 Å². The van der Waals surface area contributed by atoms with Gasteiger partial charge in [-0.15, -0.1) is 0 Å². The summed E-state index contributed by atoms with van der Waals surface area (Å²) in [4.78, 5) is 11.0. The Balaban J connectivity index is 3.01. The number of carbonyl (C=O) groups is 1. The van der Waals surface area contributed by atoms with E-state index in [0.717, 1.165) is 45.3 Å². The fraction of sp³-hybridized carbons (Fsp3) is 0.909. The van der Waals surface area contributed by atoms with Crippen molar-refractivity contribution < 1.29 is 9.53 Å². The maximum Gasteiger partial charge on any atom is 0.305 e. The predicted molar refractivity (Wildman–Crippen MR) is 61.6 cm³/mol. The van der Waals surface area contributed by atoms with Gasteiger partial charge in [-0.05, 0) is 45.8 Å². The molecular formula is C11H24N2O2. The summed E-state index contributed by atoms with van der Waals surface area (Å²) in [5.41, 5.74) is 5.36. The van der Waals surface area contributed by atoms with Gasteiger partial charge in [0.2, 0.25) is 0 Å². The van der Waals surface area contributed by atoms with Gasteiger partial charge >= 0.3 is 5.97 Å². The normalized spacial score (nSPS) is 10.3. The molecule has 0 fully saturated rings. The van der Waals surface area contributed by atoms with E-state index in [1.807, 2.05) is 6.92 Å². The predicted octanol–water partition coefficient (Wildman–Crippen LogP) is 1.05. The third kappa shape index (κ3) is 11.3. The summed E-state index contributed by atoms with van der Waals surface area (Å²) in [7, 11) is 0. The number of nitrogens with one attached hydrogen (secondary N) is 1. The molecule has 0 aromatic rings. The molecule has 0 amide bonds. The molecule has 0 aromatic carbocycles. The van der Waals surface area contributed by atoms with Crippen molar-refractivity contribution in [2.24, 2.45) is 5.73 Å². The van der Waals surface area contributed by atoms with Crippen LogP contribution in [0, 0.1) is 0 Å². The van der Waals surface area contributed by atoms with E-state index >= 15 is 0 Å². The maximum absolute atomic E-state index is 11.0. The Kier molecular flexibility index (Phi) is 11.0. The SMILES string of the molecule is CCOC(=O)CCCCCNCCCN. The van der Waals surface area contributed by atoms with E-state index in [1.54, 1.807) is 0 Å². The van der Waals surface area contributed by atoms with Crippen LogP contribution in [0.4, 0.5) is 0 Å². The lowest BCUT2D eigenvalue weighted by molar-refractivity contribution is -0.143. The zero-order chi connectivity index (χ0) is 11.4. The third-order valence-electron chi connectivity index (χ3n) is 2.10. The second-order valence-electron chi connectivity index (χ2n) is 3.51. The van der Waals surface area contributed by atoms with E-state index in [4.69, 9.17) is 10.5 Å². The minimum atomic E-state index is -0.0754. The molecule has 0 spiro atoms. The summed E-state index contributed by atoms with van der Waals surface area (Å²) in [5, 5.41) is 3.30. The number of carbonyl (C=O) groups excluding carboxylic acids is 1. The Bertz CT molecular complexity index is 152. The first-order valence-electron chi connectivity index (χ1n) is 5.87. The van der Waals surface area contributed by atoms with Gasteiger partial charge in [0.1, 0.15) is 0 Å². The van der Waals surface area contributed by atoms with Crippen LogP contribution in [0.15, 0.2) is 0 Å². The first kappa shape index (κ1) is 14.4. The molecule has 15 heavy (non-hydrogen) atoms. The van der Waals surface area contributed by atoms with Crippen LogP contribution in [-0.4, -0.2) is 32.2 Å². The van der Waals surface area contributed by atoms with E-state index in [0.29, 0.717) is 13.0 Å². The van der Waals surface area contributed by atoms with E-state index < -0.39 is 0 Å². The molecule has 0 unspecified atom stereocenters. The number of hydrogen-bond donors (Lipinski definition) is 2. The highest BCUT2D eigenvalue weighted by Crippen LogP contribution is 2.00. The van der Waals surface area contributed by atoms with Gasteiger partial charge in [0.15, 0.2) is 0 Å². The fourth-order valence-electron chi connectivity index (χ4n) is 1.28. The Hall–Kier alpha value is -0.610. The Morgan fingerprint density at radius 2 is 1.93 bits per heavy atom. The lowest BCUT2D eigenvalue weighted by Crippen LogP contribution is -2.19. The molecule has 0 saturated heterocycles. The Morgan fingerprint density at radius 1 is 1.20 bits per heavy atom. The van der Waals surface area contributed by atoms with Crippen molar-refractivity contribution >= 4 is 5.97 Å². The molecule has 0 aliphatic carbocycles. The minimum absolute atomic E-state index is 0.0754. The molecule has 0 rings (SSSR count). The quantitative estimate of drug-likeness (QED) is 0.423. The van der Waals surface area contributed by atoms with E-state index in [-0.39, 0.29) is 5.97 Å². The topological polar surface area (TPSA) is 64.3 Å². The first-order chi connectivity index (χ1) is 7.31. The molecule has 0 saturated carbocycles. The number of rotatable bonds is 10. The first-order valence-corrected chi connectivity index (χ1v) is 5.87. The average molecular weight is 216 g/mol. The molecule has 0 aliphatic rings. The standard InChI is InChI=1S/C11H24N2O2/c1-2-15-11(14)7-4-3-5-9-13-10-6-8-12/h13H,2-10,12H2,1H3. The maximum atomic E-state index is 11.0. The van der Waals surface area contributed by atoms with Gasteiger partial charge in [-0.3, -0.25) is 4.79 Å². The highest BCUT2D eigenvalue weighted by atomic mass is 16.5. The van der Waals surface area contributed by atoms with E-state index in [9.17, 15) is 4.79 Å². The summed E-state index contributed by atoms with van der Waals surface area (Å²) >= 11 is 0.